The van der Waals surface area contributed by atoms with Crippen molar-refractivity contribution >= 4 is 68.0 Å². The van der Waals surface area contributed by atoms with Gasteiger partial charge in [-0.05, 0) is 30.3 Å². The van der Waals surface area contributed by atoms with E-state index in [0.717, 1.165) is 16.8 Å². The monoisotopic (exact) mass is 537 g/mol. The fraction of sp³-hybridized carbons (Fsp3) is 0.0625. The first-order chi connectivity index (χ1) is 13.7. The van der Waals surface area contributed by atoms with Gasteiger partial charge in [0.1, 0.15) is 0 Å². The smallest absolute Gasteiger partial charge is 0.232 e. The third kappa shape index (κ3) is 4.25. The van der Waals surface area contributed by atoms with Gasteiger partial charge in [0, 0.05) is 5.56 Å². The number of hydrogen-bond donors (Lipinski definition) is 1. The average Bonchev–Trinajstić information content (AvgIpc) is 3.10. The Morgan fingerprint density at radius 3 is 1.77 bits per heavy atom. The van der Waals surface area contributed by atoms with Gasteiger partial charge < -0.3 is 0 Å². The molecule has 0 bridgehead atoms. The SMILES string of the molecule is NS(=O)(=O)c1ccc(-n2nc(C(F)(F)F)cc2-c2c(Cl)c(Cl)c(Cl)c(Cl)c2Cl)cc1. The first-order valence-electron chi connectivity index (χ1n) is 7.55. The van der Waals surface area contributed by atoms with E-state index in [2.05, 4.69) is 5.10 Å². The van der Waals surface area contributed by atoms with Crippen LogP contribution in [0, 0.1) is 0 Å². The molecule has 0 aliphatic rings. The number of nitrogens with zero attached hydrogens (tertiary/aromatic N) is 2. The van der Waals surface area contributed by atoms with Crippen LogP contribution in [0.3, 0.4) is 0 Å². The Bertz CT molecular complexity index is 1230. The van der Waals surface area contributed by atoms with Gasteiger partial charge in [-0.3, -0.25) is 0 Å². The molecule has 0 saturated heterocycles. The predicted molar refractivity (Wildman–Crippen MR) is 110 cm³/mol. The number of benzene rings is 2. The molecule has 0 aliphatic carbocycles. The highest BCUT2D eigenvalue weighted by Gasteiger charge is 2.36. The third-order valence-electron chi connectivity index (χ3n) is 3.88. The summed E-state index contributed by atoms with van der Waals surface area (Å²) in [6, 6.07) is 5.32. The summed E-state index contributed by atoms with van der Waals surface area (Å²) >= 11 is 30.4. The van der Waals surface area contributed by atoms with Crippen LogP contribution >= 0.6 is 58.0 Å². The molecule has 0 spiro atoms. The second kappa shape index (κ2) is 8.05. The minimum absolute atomic E-state index is 0.0576. The number of halogens is 8. The van der Waals surface area contributed by atoms with E-state index < -0.39 is 21.9 Å². The summed E-state index contributed by atoms with van der Waals surface area (Å²) in [5.74, 6) is 0. The van der Waals surface area contributed by atoms with Crippen LogP contribution in [0.4, 0.5) is 13.2 Å². The normalized spacial score (nSPS) is 12.4. The Balaban J connectivity index is 2.34. The van der Waals surface area contributed by atoms with Crippen molar-refractivity contribution in [1.82, 2.24) is 9.78 Å². The number of sulfonamides is 1. The fourth-order valence-electron chi connectivity index (χ4n) is 2.50. The lowest BCUT2D eigenvalue weighted by Crippen LogP contribution is -2.12. The number of nitrogens with two attached hydrogens (primary N) is 1. The van der Waals surface area contributed by atoms with Gasteiger partial charge in [0.25, 0.3) is 0 Å². The van der Waals surface area contributed by atoms with E-state index in [1.165, 1.54) is 12.1 Å². The van der Waals surface area contributed by atoms with Crippen molar-refractivity contribution in [3.63, 3.8) is 0 Å². The van der Waals surface area contributed by atoms with Crippen LogP contribution in [0.5, 0.6) is 0 Å². The van der Waals surface area contributed by atoms with E-state index in [1.54, 1.807) is 0 Å². The maximum atomic E-state index is 13.3. The summed E-state index contributed by atoms with van der Waals surface area (Å²) in [5.41, 5.74) is -1.55. The molecule has 0 aliphatic heterocycles. The molecule has 0 radical (unpaired) electrons. The lowest BCUT2D eigenvalue weighted by molar-refractivity contribution is -0.141. The summed E-state index contributed by atoms with van der Waals surface area (Å²) in [7, 11) is -4.01. The van der Waals surface area contributed by atoms with Crippen LogP contribution in [0.1, 0.15) is 5.69 Å². The molecule has 2 aromatic carbocycles. The molecule has 0 saturated carbocycles. The van der Waals surface area contributed by atoms with Crippen molar-refractivity contribution in [3.05, 3.63) is 61.1 Å². The Morgan fingerprint density at radius 2 is 1.33 bits per heavy atom. The van der Waals surface area contributed by atoms with E-state index in [-0.39, 0.29) is 47.0 Å². The van der Waals surface area contributed by atoms with E-state index >= 15 is 0 Å². The molecule has 0 fully saturated rings. The predicted octanol–water partition coefficient (Wildman–Crippen LogP) is 6.47. The highest BCUT2D eigenvalue weighted by atomic mass is 35.5. The molecule has 14 heteroatoms. The molecular formula is C16H7Cl5F3N3O2S. The zero-order chi connectivity index (χ0) is 22.6. The number of hydrogen-bond acceptors (Lipinski definition) is 3. The molecule has 30 heavy (non-hydrogen) atoms. The topological polar surface area (TPSA) is 78.0 Å². The average molecular weight is 540 g/mol. The molecule has 2 N–H and O–H groups in total. The fourth-order valence-corrected chi connectivity index (χ4v) is 4.35. The molecular weight excluding hydrogens is 533 g/mol. The number of aromatic nitrogens is 2. The lowest BCUT2D eigenvalue weighted by atomic mass is 10.1. The second-order valence-electron chi connectivity index (χ2n) is 5.81. The Labute approximate surface area is 193 Å². The first kappa shape index (κ1) is 23.5. The van der Waals surface area contributed by atoms with E-state index in [1.807, 2.05) is 0 Å². The van der Waals surface area contributed by atoms with Crippen LogP contribution in [-0.2, 0) is 16.2 Å². The van der Waals surface area contributed by atoms with Gasteiger partial charge in [0.2, 0.25) is 10.0 Å². The largest absolute Gasteiger partial charge is 0.435 e. The minimum atomic E-state index is -4.81. The summed E-state index contributed by atoms with van der Waals surface area (Å²) in [5, 5.41) is 7.51. The van der Waals surface area contributed by atoms with Crippen LogP contribution in [0.15, 0.2) is 35.2 Å². The number of alkyl halides is 3. The standard InChI is InChI=1S/C16H7Cl5F3N3O2S/c17-11-10(12(18)14(20)15(21)13(11)19)8-5-9(16(22,23)24)26-27(8)6-1-3-7(4-2-6)30(25,28)29/h1-5H,(H2,25,28,29). The molecule has 3 aromatic rings. The Kier molecular flexibility index (Phi) is 6.30. The van der Waals surface area contributed by atoms with E-state index in [9.17, 15) is 21.6 Å². The van der Waals surface area contributed by atoms with E-state index in [4.69, 9.17) is 63.1 Å². The van der Waals surface area contributed by atoms with Gasteiger partial charge in [-0.15, -0.1) is 0 Å². The molecule has 160 valence electrons. The highest BCUT2D eigenvalue weighted by molar-refractivity contribution is 7.89. The zero-order valence-corrected chi connectivity index (χ0v) is 18.7. The molecule has 1 heterocycles. The highest BCUT2D eigenvalue weighted by Crippen LogP contribution is 2.49. The van der Waals surface area contributed by atoms with Crippen molar-refractivity contribution in [2.45, 2.75) is 11.1 Å². The van der Waals surface area contributed by atoms with Crippen LogP contribution in [0.2, 0.25) is 25.1 Å². The van der Waals surface area contributed by atoms with Crippen molar-refractivity contribution in [2.24, 2.45) is 5.14 Å². The van der Waals surface area contributed by atoms with Gasteiger partial charge >= 0.3 is 6.18 Å². The van der Waals surface area contributed by atoms with Crippen molar-refractivity contribution in [1.29, 1.82) is 0 Å². The van der Waals surface area contributed by atoms with Gasteiger partial charge in [0.15, 0.2) is 5.69 Å². The zero-order valence-electron chi connectivity index (χ0n) is 14.1. The lowest BCUT2D eigenvalue weighted by Gasteiger charge is -2.14. The van der Waals surface area contributed by atoms with Gasteiger partial charge in [0.05, 0.1) is 41.4 Å². The van der Waals surface area contributed by atoms with Crippen molar-refractivity contribution in [2.75, 3.05) is 0 Å². The Morgan fingerprint density at radius 1 is 0.867 bits per heavy atom. The summed E-state index contributed by atoms with van der Waals surface area (Å²) < 4.78 is 63.8. The van der Waals surface area contributed by atoms with Gasteiger partial charge in [-0.25, -0.2) is 18.2 Å². The Hall–Kier alpha value is -1.20. The molecule has 0 atom stereocenters. The number of primary sulfonamides is 1. The summed E-state index contributed by atoms with van der Waals surface area (Å²) in [6.45, 7) is 0. The maximum absolute atomic E-state index is 13.3. The maximum Gasteiger partial charge on any atom is 0.435 e. The minimum Gasteiger partial charge on any atom is -0.232 e. The molecule has 0 unspecified atom stereocenters. The van der Waals surface area contributed by atoms with Crippen molar-refractivity contribution in [3.8, 4) is 16.9 Å². The summed E-state index contributed by atoms with van der Waals surface area (Å²) in [4.78, 5) is -0.246. The van der Waals surface area contributed by atoms with E-state index in [0.29, 0.717) is 6.07 Å². The molecule has 5 nitrogen and oxygen atoms in total. The molecule has 3 rings (SSSR count). The van der Waals surface area contributed by atoms with Crippen LogP contribution in [0.25, 0.3) is 16.9 Å². The van der Waals surface area contributed by atoms with Crippen molar-refractivity contribution < 1.29 is 21.6 Å². The van der Waals surface area contributed by atoms with Crippen LogP contribution < -0.4 is 5.14 Å². The van der Waals surface area contributed by atoms with Gasteiger partial charge in [-0.1, -0.05) is 58.0 Å². The van der Waals surface area contributed by atoms with Crippen LogP contribution in [-0.4, -0.2) is 18.2 Å². The molecule has 0 amide bonds. The third-order valence-corrected chi connectivity index (χ3v) is 7.08. The second-order valence-corrected chi connectivity index (χ2v) is 9.26. The first-order valence-corrected chi connectivity index (χ1v) is 11.0. The molecule has 1 aromatic heterocycles. The quantitative estimate of drug-likeness (QED) is 0.306. The van der Waals surface area contributed by atoms with Gasteiger partial charge in [-0.2, -0.15) is 18.3 Å². The number of rotatable bonds is 3. The summed E-state index contributed by atoms with van der Waals surface area (Å²) in [6.07, 6.45) is -4.81.